The van der Waals surface area contributed by atoms with E-state index in [1.54, 1.807) is 0 Å². The Morgan fingerprint density at radius 3 is 2.70 bits per heavy atom. The number of anilines is 1. The highest BCUT2D eigenvalue weighted by Gasteiger charge is 2.16. The smallest absolute Gasteiger partial charge is 0.321 e. The van der Waals surface area contributed by atoms with E-state index >= 15 is 0 Å². The van der Waals surface area contributed by atoms with Gasteiger partial charge in [-0.05, 0) is 26.7 Å². The molecule has 1 saturated carbocycles. The minimum Gasteiger partial charge on any atom is -0.357 e. The summed E-state index contributed by atoms with van der Waals surface area (Å²) >= 11 is 2.73. The molecule has 23 heavy (non-hydrogen) atoms. The van der Waals surface area contributed by atoms with Gasteiger partial charge in [-0.1, -0.05) is 42.4 Å². The van der Waals surface area contributed by atoms with Gasteiger partial charge in [-0.25, -0.2) is 4.79 Å². The van der Waals surface area contributed by atoms with Crippen LogP contribution in [0.3, 0.4) is 0 Å². The zero-order valence-corrected chi connectivity index (χ0v) is 15.1. The van der Waals surface area contributed by atoms with Crippen molar-refractivity contribution in [2.45, 2.75) is 62.4 Å². The Hall–Kier alpha value is -1.35. The number of nitrogens with zero attached hydrogens (tertiary/aromatic N) is 2. The van der Waals surface area contributed by atoms with Crippen LogP contribution in [-0.2, 0) is 4.79 Å². The summed E-state index contributed by atoms with van der Waals surface area (Å²) in [4.78, 5) is 23.1. The van der Waals surface area contributed by atoms with E-state index in [-0.39, 0.29) is 17.7 Å². The maximum atomic E-state index is 11.7. The fraction of sp³-hybridized carbons (Fsp3) is 0.714. The molecule has 1 aromatic heterocycles. The zero-order chi connectivity index (χ0) is 16.7. The average molecular weight is 358 g/mol. The van der Waals surface area contributed by atoms with Gasteiger partial charge in [-0.15, -0.1) is 10.2 Å². The zero-order valence-electron chi connectivity index (χ0n) is 13.4. The second-order valence-corrected chi connectivity index (χ2v) is 8.02. The van der Waals surface area contributed by atoms with Gasteiger partial charge < -0.3 is 10.6 Å². The number of aromatic nitrogens is 2. The number of amides is 3. The molecule has 1 aromatic rings. The lowest BCUT2D eigenvalue weighted by molar-refractivity contribution is -0.117. The van der Waals surface area contributed by atoms with Crippen LogP contribution >= 0.6 is 23.1 Å². The number of imide groups is 1. The van der Waals surface area contributed by atoms with E-state index in [0.29, 0.717) is 6.04 Å². The van der Waals surface area contributed by atoms with E-state index in [9.17, 15) is 9.59 Å². The van der Waals surface area contributed by atoms with Crippen LogP contribution in [0.15, 0.2) is 4.34 Å². The molecule has 0 aromatic carbocycles. The first-order chi connectivity index (χ1) is 11.0. The van der Waals surface area contributed by atoms with Crippen molar-refractivity contribution in [1.82, 2.24) is 20.8 Å². The molecule has 2 rings (SSSR count). The van der Waals surface area contributed by atoms with E-state index in [2.05, 4.69) is 26.1 Å². The molecular formula is C14H23N5O2S2. The van der Waals surface area contributed by atoms with Crippen molar-refractivity contribution in [3.05, 3.63) is 0 Å². The van der Waals surface area contributed by atoms with E-state index in [0.717, 1.165) is 9.47 Å². The maximum Gasteiger partial charge on any atom is 0.321 e. The topological polar surface area (TPSA) is 96.0 Å². The quantitative estimate of drug-likeness (QED) is 0.677. The minimum absolute atomic E-state index is 0.00737. The van der Waals surface area contributed by atoms with Crippen LogP contribution in [0.4, 0.5) is 9.93 Å². The maximum absolute atomic E-state index is 11.7. The molecule has 9 heteroatoms. The monoisotopic (exact) mass is 357 g/mol. The van der Waals surface area contributed by atoms with Crippen LogP contribution in [0.2, 0.25) is 0 Å². The molecule has 1 fully saturated rings. The standard InChI is InChI=1S/C14H23N5O2S2/c1-9(2)15-12(21)17-11(20)8-22-14-19-18-13(23-14)16-10-6-4-3-5-7-10/h9-10H,3-8H2,1-2H3,(H,16,18)(H2,15,17,20,21). The van der Waals surface area contributed by atoms with Gasteiger partial charge in [0.25, 0.3) is 0 Å². The van der Waals surface area contributed by atoms with E-state index in [4.69, 9.17) is 0 Å². The predicted octanol–water partition coefficient (Wildman–Crippen LogP) is 2.61. The average Bonchev–Trinajstić information content (AvgIpc) is 2.93. The Labute approximate surface area is 144 Å². The minimum atomic E-state index is -0.470. The van der Waals surface area contributed by atoms with Gasteiger partial charge in [0.2, 0.25) is 11.0 Å². The van der Waals surface area contributed by atoms with Gasteiger partial charge in [0.05, 0.1) is 5.75 Å². The molecule has 7 nitrogen and oxygen atoms in total. The molecule has 3 amide bonds. The van der Waals surface area contributed by atoms with E-state index < -0.39 is 6.03 Å². The summed E-state index contributed by atoms with van der Waals surface area (Å²) in [5.41, 5.74) is 0. The van der Waals surface area contributed by atoms with Crippen molar-refractivity contribution >= 4 is 40.2 Å². The highest BCUT2D eigenvalue weighted by atomic mass is 32.2. The second-order valence-electron chi connectivity index (χ2n) is 5.82. The Kier molecular flexibility index (Phi) is 7.10. The summed E-state index contributed by atoms with van der Waals surface area (Å²) in [6.45, 7) is 3.67. The molecule has 0 radical (unpaired) electrons. The van der Waals surface area contributed by atoms with Crippen LogP contribution in [0, 0.1) is 0 Å². The van der Waals surface area contributed by atoms with Crippen molar-refractivity contribution in [3.63, 3.8) is 0 Å². The van der Waals surface area contributed by atoms with E-state index in [1.165, 1.54) is 55.2 Å². The number of nitrogens with one attached hydrogen (secondary N) is 3. The lowest BCUT2D eigenvalue weighted by atomic mass is 9.96. The summed E-state index contributed by atoms with van der Waals surface area (Å²) < 4.78 is 0.725. The van der Waals surface area contributed by atoms with Gasteiger partial charge >= 0.3 is 6.03 Å². The van der Waals surface area contributed by atoms with Crippen molar-refractivity contribution in [2.24, 2.45) is 0 Å². The first kappa shape index (κ1) is 18.0. The van der Waals surface area contributed by atoms with Crippen molar-refractivity contribution in [3.8, 4) is 0 Å². The molecular weight excluding hydrogens is 334 g/mol. The molecule has 128 valence electrons. The Morgan fingerprint density at radius 1 is 1.26 bits per heavy atom. The van der Waals surface area contributed by atoms with Gasteiger partial charge in [0.1, 0.15) is 0 Å². The van der Waals surface area contributed by atoms with Crippen LogP contribution in [0.5, 0.6) is 0 Å². The number of carbonyl (C=O) groups is 2. The normalized spacial score (nSPS) is 15.4. The Balaban J connectivity index is 1.71. The lowest BCUT2D eigenvalue weighted by Crippen LogP contribution is -2.43. The van der Waals surface area contributed by atoms with Crippen molar-refractivity contribution in [1.29, 1.82) is 0 Å². The molecule has 0 saturated heterocycles. The summed E-state index contributed by atoms with van der Waals surface area (Å²) in [5, 5.41) is 17.3. The molecule has 1 heterocycles. The third-order valence-electron chi connectivity index (χ3n) is 3.34. The van der Waals surface area contributed by atoms with E-state index in [1.807, 2.05) is 13.8 Å². The van der Waals surface area contributed by atoms with Crippen LogP contribution in [-0.4, -0.2) is 40.0 Å². The highest BCUT2D eigenvalue weighted by molar-refractivity contribution is 8.01. The number of carbonyl (C=O) groups excluding carboxylic acids is 2. The summed E-state index contributed by atoms with van der Waals surface area (Å²) in [7, 11) is 0. The first-order valence-corrected chi connectivity index (χ1v) is 9.66. The van der Waals surface area contributed by atoms with Crippen molar-refractivity contribution in [2.75, 3.05) is 11.1 Å². The fourth-order valence-electron chi connectivity index (χ4n) is 2.34. The Bertz CT molecular complexity index is 529. The summed E-state index contributed by atoms with van der Waals surface area (Å²) in [5.74, 6) is -0.200. The first-order valence-electron chi connectivity index (χ1n) is 7.86. The third-order valence-corrected chi connectivity index (χ3v) is 5.33. The molecule has 0 aliphatic heterocycles. The van der Waals surface area contributed by atoms with Gasteiger partial charge in [0, 0.05) is 12.1 Å². The molecule has 0 bridgehead atoms. The van der Waals surface area contributed by atoms with Gasteiger partial charge in [0.15, 0.2) is 4.34 Å². The number of thioether (sulfide) groups is 1. The van der Waals surface area contributed by atoms with Crippen molar-refractivity contribution < 1.29 is 9.59 Å². The summed E-state index contributed by atoms with van der Waals surface area (Å²) in [6.07, 6.45) is 6.19. The molecule has 3 N–H and O–H groups in total. The number of rotatable bonds is 6. The Morgan fingerprint density at radius 2 is 2.00 bits per heavy atom. The SMILES string of the molecule is CC(C)NC(=O)NC(=O)CSc1nnc(NC2CCCCC2)s1. The summed E-state index contributed by atoms with van der Waals surface area (Å²) in [6, 6.07) is 0.00660. The van der Waals surface area contributed by atoms with Gasteiger partial charge in [-0.2, -0.15) is 0 Å². The fourth-order valence-corrected chi connectivity index (χ4v) is 3.97. The molecule has 0 unspecified atom stereocenters. The molecule has 0 atom stereocenters. The molecule has 0 spiro atoms. The number of hydrogen-bond donors (Lipinski definition) is 3. The molecule has 1 aliphatic carbocycles. The second kappa shape index (κ2) is 9.07. The number of urea groups is 1. The third kappa shape index (κ3) is 6.74. The van der Waals surface area contributed by atoms with Gasteiger partial charge in [-0.3, -0.25) is 10.1 Å². The van der Waals surface area contributed by atoms with Crippen LogP contribution < -0.4 is 16.0 Å². The lowest BCUT2D eigenvalue weighted by Gasteiger charge is -2.21. The molecule has 1 aliphatic rings. The highest BCUT2D eigenvalue weighted by Crippen LogP contribution is 2.28. The number of hydrogen-bond acceptors (Lipinski definition) is 7. The van der Waals surface area contributed by atoms with Crippen LogP contribution in [0.1, 0.15) is 46.0 Å². The predicted molar refractivity (Wildman–Crippen MR) is 92.9 cm³/mol. The largest absolute Gasteiger partial charge is 0.357 e. The van der Waals surface area contributed by atoms with Crippen LogP contribution in [0.25, 0.3) is 0 Å².